The van der Waals surface area contributed by atoms with Crippen molar-refractivity contribution in [1.29, 1.82) is 0 Å². The number of hydrogen-bond donors (Lipinski definition) is 2. The van der Waals surface area contributed by atoms with Crippen LogP contribution in [-0.2, 0) is 17.9 Å². The number of anilines is 2. The summed E-state index contributed by atoms with van der Waals surface area (Å²) >= 11 is 0. The molecular formula is C27H38N4O. The van der Waals surface area contributed by atoms with Crippen LogP contribution < -0.4 is 15.5 Å². The average molecular weight is 435 g/mol. The van der Waals surface area contributed by atoms with Gasteiger partial charge in [0.15, 0.2) is 0 Å². The van der Waals surface area contributed by atoms with Crippen molar-refractivity contribution in [2.24, 2.45) is 0 Å². The molecule has 2 aromatic rings. The largest absolute Gasteiger partial charge is 0.372 e. The molecule has 2 aliphatic rings. The second kappa shape index (κ2) is 11.5. The highest BCUT2D eigenvalue weighted by Gasteiger charge is 2.16. The summed E-state index contributed by atoms with van der Waals surface area (Å²) in [5.41, 5.74) is 4.75. The van der Waals surface area contributed by atoms with E-state index in [1.165, 1.54) is 68.4 Å². The van der Waals surface area contributed by atoms with Gasteiger partial charge in [-0.25, -0.2) is 0 Å². The number of carbonyl (C=O) groups is 1. The van der Waals surface area contributed by atoms with E-state index in [9.17, 15) is 4.79 Å². The third-order valence-electron chi connectivity index (χ3n) is 6.81. The molecule has 0 bridgehead atoms. The van der Waals surface area contributed by atoms with E-state index >= 15 is 0 Å². The van der Waals surface area contributed by atoms with Crippen LogP contribution in [0.25, 0.3) is 0 Å². The van der Waals surface area contributed by atoms with Crippen molar-refractivity contribution in [2.45, 2.75) is 64.6 Å². The number of benzene rings is 2. The fraction of sp³-hybridized carbons (Fsp3) is 0.519. The summed E-state index contributed by atoms with van der Waals surface area (Å²) in [5, 5.41) is 6.48. The number of likely N-dealkylation sites (tertiary alicyclic amines) is 1. The van der Waals surface area contributed by atoms with Crippen molar-refractivity contribution < 1.29 is 4.79 Å². The van der Waals surface area contributed by atoms with Gasteiger partial charge in [-0.05, 0) is 87.5 Å². The number of piperidine rings is 2. The Morgan fingerprint density at radius 2 is 1.47 bits per heavy atom. The van der Waals surface area contributed by atoms with Crippen LogP contribution in [0.1, 0.15) is 56.6 Å². The highest BCUT2D eigenvalue weighted by Crippen LogP contribution is 2.22. The highest BCUT2D eigenvalue weighted by atomic mass is 16.2. The second-order valence-corrected chi connectivity index (χ2v) is 9.29. The summed E-state index contributed by atoms with van der Waals surface area (Å²) in [7, 11) is 0. The molecule has 2 aliphatic heterocycles. The lowest BCUT2D eigenvalue weighted by atomic mass is 10.0. The van der Waals surface area contributed by atoms with Crippen molar-refractivity contribution in [1.82, 2.24) is 10.2 Å². The van der Waals surface area contributed by atoms with Gasteiger partial charge in [0, 0.05) is 37.6 Å². The Kier molecular flexibility index (Phi) is 8.18. The molecule has 0 aromatic heterocycles. The Labute approximate surface area is 193 Å². The van der Waals surface area contributed by atoms with Gasteiger partial charge in [0.1, 0.15) is 0 Å². The standard InChI is InChI=1S/C27H38N4O/c1-22(27(32)29-25-12-14-26(15-13-25)31-18-8-3-9-19-31)28-20-23-10-4-5-11-24(23)21-30-16-6-2-7-17-30/h4-5,10-15,22,28H,2-3,6-9,16-21H2,1H3,(H,29,32)/t22-/m1/s1. The van der Waals surface area contributed by atoms with Gasteiger partial charge < -0.3 is 15.5 Å². The van der Waals surface area contributed by atoms with Crippen LogP contribution in [0.4, 0.5) is 11.4 Å². The Morgan fingerprint density at radius 1 is 0.844 bits per heavy atom. The number of hydrogen-bond acceptors (Lipinski definition) is 4. The van der Waals surface area contributed by atoms with Crippen molar-refractivity contribution in [3.63, 3.8) is 0 Å². The van der Waals surface area contributed by atoms with E-state index in [2.05, 4.69) is 56.8 Å². The first-order valence-corrected chi connectivity index (χ1v) is 12.4. The lowest BCUT2D eigenvalue weighted by Gasteiger charge is -2.29. The first-order chi connectivity index (χ1) is 15.7. The average Bonchev–Trinajstić information content (AvgIpc) is 2.85. The molecule has 2 fully saturated rings. The quantitative estimate of drug-likeness (QED) is 0.628. The number of amides is 1. The number of nitrogens with one attached hydrogen (secondary N) is 2. The van der Waals surface area contributed by atoms with Gasteiger partial charge in [-0.3, -0.25) is 9.69 Å². The van der Waals surface area contributed by atoms with E-state index < -0.39 is 0 Å². The maximum atomic E-state index is 12.7. The number of carbonyl (C=O) groups excluding carboxylic acids is 1. The molecule has 2 N–H and O–H groups in total. The molecule has 4 rings (SSSR count). The molecule has 2 saturated heterocycles. The third-order valence-corrected chi connectivity index (χ3v) is 6.81. The second-order valence-electron chi connectivity index (χ2n) is 9.29. The third kappa shape index (κ3) is 6.33. The Bertz CT molecular complexity index is 854. The number of rotatable bonds is 8. The van der Waals surface area contributed by atoms with Crippen molar-refractivity contribution in [3.05, 3.63) is 59.7 Å². The molecule has 2 aromatic carbocycles. The Hall–Kier alpha value is -2.37. The molecule has 0 saturated carbocycles. The maximum absolute atomic E-state index is 12.7. The zero-order chi connectivity index (χ0) is 22.2. The minimum atomic E-state index is -0.264. The van der Waals surface area contributed by atoms with Crippen LogP contribution in [0.2, 0.25) is 0 Å². The van der Waals surface area contributed by atoms with Crippen molar-refractivity contribution in [3.8, 4) is 0 Å². The summed E-state index contributed by atoms with van der Waals surface area (Å²) < 4.78 is 0. The number of nitrogens with zero attached hydrogens (tertiary/aromatic N) is 2. The highest BCUT2D eigenvalue weighted by molar-refractivity contribution is 5.94. The summed E-state index contributed by atoms with van der Waals surface area (Å²) in [5.74, 6) is 0.00392. The fourth-order valence-electron chi connectivity index (χ4n) is 4.76. The van der Waals surface area contributed by atoms with E-state index in [0.717, 1.165) is 25.3 Å². The smallest absolute Gasteiger partial charge is 0.241 e. The minimum Gasteiger partial charge on any atom is -0.372 e. The lowest BCUT2D eigenvalue weighted by Crippen LogP contribution is -2.38. The van der Waals surface area contributed by atoms with Gasteiger partial charge in [-0.1, -0.05) is 30.7 Å². The van der Waals surface area contributed by atoms with Gasteiger partial charge in [-0.15, -0.1) is 0 Å². The molecule has 5 nitrogen and oxygen atoms in total. The first kappa shape index (κ1) is 22.8. The van der Waals surface area contributed by atoms with Crippen LogP contribution in [0, 0.1) is 0 Å². The maximum Gasteiger partial charge on any atom is 0.241 e. The summed E-state index contributed by atoms with van der Waals surface area (Å²) in [4.78, 5) is 17.7. The monoisotopic (exact) mass is 434 g/mol. The van der Waals surface area contributed by atoms with Gasteiger partial charge in [-0.2, -0.15) is 0 Å². The normalized spacial score (nSPS) is 18.3. The molecule has 1 amide bonds. The van der Waals surface area contributed by atoms with Crippen LogP contribution >= 0.6 is 0 Å². The summed E-state index contributed by atoms with van der Waals surface area (Å²) in [6, 6.07) is 16.6. The molecular weight excluding hydrogens is 396 g/mol. The zero-order valence-electron chi connectivity index (χ0n) is 19.5. The van der Waals surface area contributed by atoms with Crippen molar-refractivity contribution >= 4 is 17.3 Å². The zero-order valence-corrected chi connectivity index (χ0v) is 19.5. The van der Waals surface area contributed by atoms with E-state index in [0.29, 0.717) is 6.54 Å². The van der Waals surface area contributed by atoms with Gasteiger partial charge in [0.2, 0.25) is 5.91 Å². The summed E-state index contributed by atoms with van der Waals surface area (Å²) in [6.45, 7) is 8.28. The molecule has 1 atom stereocenters. The van der Waals surface area contributed by atoms with Crippen molar-refractivity contribution in [2.75, 3.05) is 36.4 Å². The van der Waals surface area contributed by atoms with E-state index in [4.69, 9.17) is 0 Å². The van der Waals surface area contributed by atoms with Gasteiger partial charge in [0.25, 0.3) is 0 Å². The predicted octanol–water partition coefficient (Wildman–Crippen LogP) is 4.78. The molecule has 172 valence electrons. The van der Waals surface area contributed by atoms with E-state index in [-0.39, 0.29) is 11.9 Å². The predicted molar refractivity (Wildman–Crippen MR) is 133 cm³/mol. The van der Waals surface area contributed by atoms with Crippen LogP contribution in [0.5, 0.6) is 0 Å². The first-order valence-electron chi connectivity index (χ1n) is 12.4. The lowest BCUT2D eigenvalue weighted by molar-refractivity contribution is -0.117. The minimum absolute atomic E-state index is 0.00392. The fourth-order valence-corrected chi connectivity index (χ4v) is 4.76. The molecule has 32 heavy (non-hydrogen) atoms. The molecule has 0 unspecified atom stereocenters. The van der Waals surface area contributed by atoms with Gasteiger partial charge in [0.05, 0.1) is 6.04 Å². The molecule has 2 heterocycles. The SMILES string of the molecule is C[C@@H](NCc1ccccc1CN1CCCCC1)C(=O)Nc1ccc(N2CCCCC2)cc1. The van der Waals surface area contributed by atoms with E-state index in [1.54, 1.807) is 0 Å². The molecule has 5 heteroatoms. The van der Waals surface area contributed by atoms with Crippen LogP contribution in [-0.4, -0.2) is 43.0 Å². The van der Waals surface area contributed by atoms with Crippen LogP contribution in [0.15, 0.2) is 48.5 Å². The topological polar surface area (TPSA) is 47.6 Å². The Balaban J connectivity index is 1.27. The summed E-state index contributed by atoms with van der Waals surface area (Å²) in [6.07, 6.45) is 7.82. The molecule has 0 radical (unpaired) electrons. The molecule has 0 spiro atoms. The van der Waals surface area contributed by atoms with Crippen LogP contribution in [0.3, 0.4) is 0 Å². The van der Waals surface area contributed by atoms with Gasteiger partial charge >= 0.3 is 0 Å². The van der Waals surface area contributed by atoms with E-state index in [1.807, 2.05) is 19.1 Å². The Morgan fingerprint density at radius 3 is 2.16 bits per heavy atom. The molecule has 0 aliphatic carbocycles.